The minimum absolute atomic E-state index is 0.149. The van der Waals surface area contributed by atoms with Crippen LogP contribution < -0.4 is 4.74 Å². The Balaban J connectivity index is 1.63. The maximum absolute atomic E-state index is 12.4. The molecule has 0 saturated carbocycles. The number of rotatable bonds is 6. The number of alkyl halides is 3. The molecule has 1 aromatic rings. The van der Waals surface area contributed by atoms with Crippen molar-refractivity contribution in [3.8, 4) is 5.75 Å². The molecule has 3 heterocycles. The molecule has 2 bridgehead atoms. The van der Waals surface area contributed by atoms with E-state index in [0.29, 0.717) is 18.5 Å². The Labute approximate surface area is 146 Å². The van der Waals surface area contributed by atoms with Crippen molar-refractivity contribution in [3.63, 3.8) is 0 Å². The first-order valence-corrected chi connectivity index (χ1v) is 8.73. The Kier molecular flexibility index (Phi) is 5.86. The molecule has 2 atom stereocenters. The highest BCUT2D eigenvalue weighted by atomic mass is 19.4. The number of hydrogen-bond acceptors (Lipinski definition) is 4. The van der Waals surface area contributed by atoms with E-state index in [1.54, 1.807) is 13.2 Å². The zero-order valence-corrected chi connectivity index (χ0v) is 14.5. The summed E-state index contributed by atoms with van der Waals surface area (Å²) in [6.07, 6.45) is -2.24. The van der Waals surface area contributed by atoms with Gasteiger partial charge in [-0.15, -0.1) is 13.2 Å². The lowest BCUT2D eigenvalue weighted by Gasteiger charge is -2.35. The molecule has 3 aliphatic heterocycles. The quantitative estimate of drug-likeness (QED) is 0.780. The van der Waals surface area contributed by atoms with E-state index in [4.69, 9.17) is 4.74 Å². The molecule has 0 N–H and O–H groups in total. The lowest BCUT2D eigenvalue weighted by atomic mass is 9.95. The number of halogens is 3. The standard InChI is InChI=1S/C18H25F3N2O2/c1-24-8-7-23-12-15-5-6-16(23)13-22(11-15)10-14-3-2-4-17(9-14)25-18(19,20)21/h2-4,9,15-16H,5-8,10-13H2,1H3/t15-,16+/m1/s1. The van der Waals surface area contributed by atoms with E-state index < -0.39 is 6.36 Å². The fraction of sp³-hybridized carbons (Fsp3) is 0.667. The zero-order valence-electron chi connectivity index (χ0n) is 14.5. The number of methoxy groups -OCH3 is 1. The van der Waals surface area contributed by atoms with Gasteiger partial charge in [0.25, 0.3) is 0 Å². The Morgan fingerprint density at radius 1 is 1.16 bits per heavy atom. The lowest BCUT2D eigenvalue weighted by Crippen LogP contribution is -2.45. The van der Waals surface area contributed by atoms with Crippen LogP contribution in [0.4, 0.5) is 13.2 Å². The third kappa shape index (κ3) is 5.33. The molecule has 25 heavy (non-hydrogen) atoms. The van der Waals surface area contributed by atoms with Crippen LogP contribution in [0.5, 0.6) is 5.75 Å². The normalized spacial score (nSPS) is 25.1. The van der Waals surface area contributed by atoms with Crippen LogP contribution in [0.1, 0.15) is 18.4 Å². The van der Waals surface area contributed by atoms with Crippen LogP contribution in [0.3, 0.4) is 0 Å². The van der Waals surface area contributed by atoms with Crippen molar-refractivity contribution in [2.45, 2.75) is 31.8 Å². The van der Waals surface area contributed by atoms with Gasteiger partial charge in [-0.1, -0.05) is 12.1 Å². The molecule has 7 heteroatoms. The predicted octanol–water partition coefficient (Wildman–Crippen LogP) is 3.13. The highest BCUT2D eigenvalue weighted by Crippen LogP contribution is 2.29. The Morgan fingerprint density at radius 2 is 2.00 bits per heavy atom. The van der Waals surface area contributed by atoms with Gasteiger partial charge in [0.1, 0.15) is 5.75 Å². The van der Waals surface area contributed by atoms with Crippen molar-refractivity contribution >= 4 is 0 Å². The number of fused-ring (bicyclic) bond motifs is 4. The maximum Gasteiger partial charge on any atom is 0.573 e. The number of benzene rings is 1. The van der Waals surface area contributed by atoms with Gasteiger partial charge in [-0.2, -0.15) is 0 Å². The summed E-state index contributed by atoms with van der Waals surface area (Å²) in [6.45, 7) is 5.36. The number of piperidine rings is 1. The molecule has 140 valence electrons. The van der Waals surface area contributed by atoms with E-state index in [-0.39, 0.29) is 5.75 Å². The van der Waals surface area contributed by atoms with Gasteiger partial charge >= 0.3 is 6.36 Å². The van der Waals surface area contributed by atoms with Gasteiger partial charge in [-0.3, -0.25) is 9.80 Å². The van der Waals surface area contributed by atoms with Gasteiger partial charge in [0.2, 0.25) is 0 Å². The SMILES string of the molecule is COCCN1C[C@@H]2CC[C@H]1CN(Cc1cccc(OC(F)(F)F)c1)C2. The van der Waals surface area contributed by atoms with Crippen LogP contribution in [0, 0.1) is 5.92 Å². The molecule has 3 fully saturated rings. The predicted molar refractivity (Wildman–Crippen MR) is 88.4 cm³/mol. The van der Waals surface area contributed by atoms with Crippen LogP contribution in [-0.2, 0) is 11.3 Å². The van der Waals surface area contributed by atoms with Crippen molar-refractivity contribution in [1.29, 1.82) is 0 Å². The van der Waals surface area contributed by atoms with Gasteiger partial charge in [-0.05, 0) is 36.5 Å². The van der Waals surface area contributed by atoms with Crippen molar-refractivity contribution in [2.24, 2.45) is 5.92 Å². The smallest absolute Gasteiger partial charge is 0.406 e. The summed E-state index contributed by atoms with van der Waals surface area (Å²) >= 11 is 0. The molecule has 0 spiro atoms. The van der Waals surface area contributed by atoms with E-state index in [9.17, 15) is 13.2 Å². The van der Waals surface area contributed by atoms with Gasteiger partial charge in [0, 0.05) is 45.9 Å². The topological polar surface area (TPSA) is 24.9 Å². The second-order valence-corrected chi connectivity index (χ2v) is 6.97. The first-order chi connectivity index (χ1) is 11.9. The minimum Gasteiger partial charge on any atom is -0.406 e. The van der Waals surface area contributed by atoms with Gasteiger partial charge in [0.15, 0.2) is 0 Å². The van der Waals surface area contributed by atoms with Crippen molar-refractivity contribution in [1.82, 2.24) is 9.80 Å². The van der Waals surface area contributed by atoms with E-state index in [2.05, 4.69) is 14.5 Å². The summed E-state index contributed by atoms with van der Waals surface area (Å²) in [6, 6.07) is 6.81. The summed E-state index contributed by atoms with van der Waals surface area (Å²) in [5.74, 6) is 0.467. The molecule has 0 amide bonds. The summed E-state index contributed by atoms with van der Waals surface area (Å²) in [5, 5.41) is 0. The third-order valence-corrected chi connectivity index (χ3v) is 5.02. The molecule has 0 radical (unpaired) electrons. The van der Waals surface area contributed by atoms with E-state index in [1.165, 1.54) is 25.0 Å². The highest BCUT2D eigenvalue weighted by Gasteiger charge is 2.34. The van der Waals surface area contributed by atoms with Crippen LogP contribution in [0.25, 0.3) is 0 Å². The average Bonchev–Trinajstić information content (AvgIpc) is 2.82. The second kappa shape index (κ2) is 7.93. The number of nitrogens with zero attached hydrogens (tertiary/aromatic N) is 2. The molecule has 0 aliphatic carbocycles. The highest BCUT2D eigenvalue weighted by molar-refractivity contribution is 5.28. The van der Waals surface area contributed by atoms with E-state index in [1.807, 2.05) is 6.07 Å². The fourth-order valence-electron chi connectivity index (χ4n) is 3.99. The minimum atomic E-state index is -4.65. The largest absolute Gasteiger partial charge is 0.573 e. The van der Waals surface area contributed by atoms with Crippen molar-refractivity contribution in [3.05, 3.63) is 29.8 Å². The summed E-state index contributed by atoms with van der Waals surface area (Å²) in [4.78, 5) is 4.86. The molecular weight excluding hydrogens is 333 g/mol. The van der Waals surface area contributed by atoms with Crippen LogP contribution >= 0.6 is 0 Å². The molecule has 4 nitrogen and oxygen atoms in total. The Hall–Kier alpha value is -1.31. The van der Waals surface area contributed by atoms with Crippen molar-refractivity contribution in [2.75, 3.05) is 39.9 Å². The summed E-state index contributed by atoms with van der Waals surface area (Å²) < 4.78 is 46.4. The van der Waals surface area contributed by atoms with Gasteiger partial charge in [-0.25, -0.2) is 0 Å². The van der Waals surface area contributed by atoms with Crippen LogP contribution in [-0.4, -0.2) is 62.1 Å². The zero-order chi connectivity index (χ0) is 17.9. The molecule has 1 aromatic carbocycles. The molecular formula is C18H25F3N2O2. The van der Waals surface area contributed by atoms with Gasteiger partial charge in [0.05, 0.1) is 6.61 Å². The second-order valence-electron chi connectivity index (χ2n) is 6.97. The van der Waals surface area contributed by atoms with Crippen LogP contribution in [0.2, 0.25) is 0 Å². The first kappa shape index (κ1) is 18.5. The number of ether oxygens (including phenoxy) is 2. The number of hydrogen-bond donors (Lipinski definition) is 0. The summed E-state index contributed by atoms with van der Waals surface area (Å²) in [7, 11) is 1.72. The Morgan fingerprint density at radius 3 is 2.76 bits per heavy atom. The van der Waals surface area contributed by atoms with Gasteiger partial charge < -0.3 is 9.47 Å². The molecule has 0 unspecified atom stereocenters. The van der Waals surface area contributed by atoms with E-state index in [0.717, 1.165) is 38.3 Å². The van der Waals surface area contributed by atoms with E-state index >= 15 is 0 Å². The first-order valence-electron chi connectivity index (χ1n) is 8.73. The monoisotopic (exact) mass is 358 g/mol. The Bertz CT molecular complexity index is 567. The molecule has 4 rings (SSSR count). The lowest BCUT2D eigenvalue weighted by molar-refractivity contribution is -0.274. The molecule has 0 aromatic heterocycles. The fourth-order valence-corrected chi connectivity index (χ4v) is 3.99. The maximum atomic E-state index is 12.4. The van der Waals surface area contributed by atoms with Crippen molar-refractivity contribution < 1.29 is 22.6 Å². The molecule has 3 saturated heterocycles. The molecule has 3 aliphatic rings. The summed E-state index contributed by atoms with van der Waals surface area (Å²) in [5.41, 5.74) is 0.853. The third-order valence-electron chi connectivity index (χ3n) is 5.02. The average molecular weight is 358 g/mol. The van der Waals surface area contributed by atoms with Crippen LogP contribution in [0.15, 0.2) is 24.3 Å².